The van der Waals surface area contributed by atoms with Crippen LogP contribution in [0.3, 0.4) is 0 Å². The van der Waals surface area contributed by atoms with E-state index in [2.05, 4.69) is 48.3 Å². The van der Waals surface area contributed by atoms with Crippen molar-refractivity contribution >= 4 is 23.2 Å². The highest BCUT2D eigenvalue weighted by Gasteiger charge is 2.32. The molecule has 1 saturated heterocycles. The van der Waals surface area contributed by atoms with Gasteiger partial charge in [-0.15, -0.1) is 0 Å². The lowest BCUT2D eigenvalue weighted by Crippen LogP contribution is -2.56. The number of benzene rings is 2. The van der Waals surface area contributed by atoms with E-state index < -0.39 is 0 Å². The molecule has 128 valence electrons. The number of rotatable bonds is 4. The van der Waals surface area contributed by atoms with Crippen molar-refractivity contribution in [3.05, 3.63) is 69.7 Å². The largest absolute Gasteiger partial charge is 0.311 e. The third-order valence-electron chi connectivity index (χ3n) is 4.83. The molecule has 1 N–H and O–H groups in total. The molecule has 1 aliphatic heterocycles. The Bertz CT molecular complexity index is 609. The molecule has 2 aromatic carbocycles. The molecular weight excluding hydrogens is 339 g/mol. The van der Waals surface area contributed by atoms with Crippen LogP contribution in [-0.2, 0) is 0 Å². The Hall–Kier alpha value is -1.06. The second-order valence-electron chi connectivity index (χ2n) is 6.57. The molecule has 1 heterocycles. The van der Waals surface area contributed by atoms with Gasteiger partial charge in [0.2, 0.25) is 0 Å². The SMILES string of the molecule is CC[C@@H]1CN[C@@H](C)CN1C(c1ccc(Cl)cc1)c1ccc(Cl)cc1. The summed E-state index contributed by atoms with van der Waals surface area (Å²) in [6.45, 7) is 6.56. The number of halogens is 2. The van der Waals surface area contributed by atoms with E-state index in [0.717, 1.165) is 29.6 Å². The second kappa shape index (κ2) is 7.88. The number of hydrogen-bond acceptors (Lipinski definition) is 2. The van der Waals surface area contributed by atoms with Crippen LogP contribution in [0.2, 0.25) is 10.0 Å². The molecule has 2 nitrogen and oxygen atoms in total. The Morgan fingerprint density at radius 1 is 1.00 bits per heavy atom. The summed E-state index contributed by atoms with van der Waals surface area (Å²) in [5, 5.41) is 5.15. The van der Waals surface area contributed by atoms with Crippen LogP contribution in [0.25, 0.3) is 0 Å². The zero-order valence-corrected chi connectivity index (χ0v) is 15.7. The average Bonchev–Trinajstić information content (AvgIpc) is 2.59. The van der Waals surface area contributed by atoms with Gasteiger partial charge in [-0.1, -0.05) is 54.4 Å². The summed E-state index contributed by atoms with van der Waals surface area (Å²) in [5.74, 6) is 0. The van der Waals surface area contributed by atoms with Gasteiger partial charge in [0, 0.05) is 35.2 Å². The van der Waals surface area contributed by atoms with E-state index in [9.17, 15) is 0 Å². The van der Waals surface area contributed by atoms with E-state index in [0.29, 0.717) is 12.1 Å². The summed E-state index contributed by atoms with van der Waals surface area (Å²) in [7, 11) is 0. The molecule has 0 unspecified atom stereocenters. The predicted octanol–water partition coefficient (Wildman–Crippen LogP) is 5.16. The fraction of sp³-hybridized carbons (Fsp3) is 0.400. The highest BCUT2D eigenvalue weighted by molar-refractivity contribution is 6.30. The third-order valence-corrected chi connectivity index (χ3v) is 5.33. The molecule has 4 heteroatoms. The molecule has 1 fully saturated rings. The lowest BCUT2D eigenvalue weighted by atomic mass is 9.93. The van der Waals surface area contributed by atoms with Gasteiger partial charge in [0.15, 0.2) is 0 Å². The van der Waals surface area contributed by atoms with E-state index in [1.165, 1.54) is 11.1 Å². The molecule has 0 amide bonds. The van der Waals surface area contributed by atoms with Crippen LogP contribution in [0.15, 0.2) is 48.5 Å². The van der Waals surface area contributed by atoms with Crippen LogP contribution in [0.4, 0.5) is 0 Å². The smallest absolute Gasteiger partial charge is 0.0605 e. The third kappa shape index (κ3) is 3.94. The average molecular weight is 363 g/mol. The number of hydrogen-bond donors (Lipinski definition) is 1. The maximum absolute atomic E-state index is 6.11. The van der Waals surface area contributed by atoms with E-state index in [1.807, 2.05) is 24.3 Å². The van der Waals surface area contributed by atoms with Crippen LogP contribution in [-0.4, -0.2) is 30.1 Å². The molecule has 0 bridgehead atoms. The molecule has 0 radical (unpaired) electrons. The fourth-order valence-electron chi connectivity index (χ4n) is 3.54. The van der Waals surface area contributed by atoms with Gasteiger partial charge in [-0.05, 0) is 48.7 Å². The topological polar surface area (TPSA) is 15.3 Å². The summed E-state index contributed by atoms with van der Waals surface area (Å²) in [6, 6.07) is 17.7. The van der Waals surface area contributed by atoms with Crippen molar-refractivity contribution in [1.82, 2.24) is 10.2 Å². The Morgan fingerprint density at radius 2 is 1.50 bits per heavy atom. The predicted molar refractivity (Wildman–Crippen MR) is 103 cm³/mol. The maximum Gasteiger partial charge on any atom is 0.0605 e. The van der Waals surface area contributed by atoms with Crippen molar-refractivity contribution in [3.63, 3.8) is 0 Å². The first-order valence-corrected chi connectivity index (χ1v) is 9.34. The molecule has 0 aliphatic carbocycles. The monoisotopic (exact) mass is 362 g/mol. The molecule has 0 spiro atoms. The van der Waals surface area contributed by atoms with Crippen molar-refractivity contribution in [2.75, 3.05) is 13.1 Å². The summed E-state index contributed by atoms with van der Waals surface area (Å²) in [5.41, 5.74) is 2.54. The van der Waals surface area contributed by atoms with Crippen LogP contribution in [0.1, 0.15) is 37.4 Å². The molecule has 1 aliphatic rings. The normalized spacial score (nSPS) is 22.0. The minimum absolute atomic E-state index is 0.217. The van der Waals surface area contributed by atoms with Crippen molar-refractivity contribution in [2.24, 2.45) is 0 Å². The van der Waals surface area contributed by atoms with Crippen LogP contribution >= 0.6 is 23.2 Å². The van der Waals surface area contributed by atoms with Gasteiger partial charge < -0.3 is 5.32 Å². The second-order valence-corrected chi connectivity index (χ2v) is 7.45. The Kier molecular flexibility index (Phi) is 5.83. The minimum atomic E-state index is 0.217. The van der Waals surface area contributed by atoms with E-state index in [1.54, 1.807) is 0 Å². The van der Waals surface area contributed by atoms with Crippen LogP contribution < -0.4 is 5.32 Å². The Balaban J connectivity index is 2.03. The van der Waals surface area contributed by atoms with Gasteiger partial charge in [-0.2, -0.15) is 0 Å². The maximum atomic E-state index is 6.11. The molecule has 24 heavy (non-hydrogen) atoms. The molecular formula is C20H24Cl2N2. The van der Waals surface area contributed by atoms with E-state index >= 15 is 0 Å². The Labute approximate surface area is 154 Å². The number of nitrogens with zero attached hydrogens (tertiary/aromatic N) is 1. The van der Waals surface area contributed by atoms with E-state index in [-0.39, 0.29) is 6.04 Å². The van der Waals surface area contributed by atoms with Crippen molar-refractivity contribution in [1.29, 1.82) is 0 Å². The van der Waals surface area contributed by atoms with Gasteiger partial charge in [0.25, 0.3) is 0 Å². The zero-order chi connectivity index (χ0) is 17.1. The highest BCUT2D eigenvalue weighted by atomic mass is 35.5. The van der Waals surface area contributed by atoms with Crippen molar-refractivity contribution in [3.8, 4) is 0 Å². The summed E-state index contributed by atoms with van der Waals surface area (Å²) < 4.78 is 0. The summed E-state index contributed by atoms with van der Waals surface area (Å²) in [6.07, 6.45) is 1.12. The van der Waals surface area contributed by atoms with Gasteiger partial charge in [0.05, 0.1) is 6.04 Å². The quantitative estimate of drug-likeness (QED) is 0.808. The first-order chi connectivity index (χ1) is 11.6. The van der Waals surface area contributed by atoms with Gasteiger partial charge in [-0.25, -0.2) is 0 Å². The van der Waals surface area contributed by atoms with Crippen LogP contribution in [0, 0.1) is 0 Å². The summed E-state index contributed by atoms with van der Waals surface area (Å²) in [4.78, 5) is 2.62. The number of piperazine rings is 1. The van der Waals surface area contributed by atoms with Crippen molar-refractivity contribution < 1.29 is 0 Å². The fourth-order valence-corrected chi connectivity index (χ4v) is 3.80. The lowest BCUT2D eigenvalue weighted by Gasteiger charge is -2.44. The van der Waals surface area contributed by atoms with Gasteiger partial charge in [0.1, 0.15) is 0 Å². The molecule has 0 saturated carbocycles. The minimum Gasteiger partial charge on any atom is -0.311 e. The highest BCUT2D eigenvalue weighted by Crippen LogP contribution is 2.33. The number of nitrogens with one attached hydrogen (secondary N) is 1. The first kappa shape index (κ1) is 17.8. The van der Waals surface area contributed by atoms with E-state index in [4.69, 9.17) is 23.2 Å². The zero-order valence-electron chi connectivity index (χ0n) is 14.2. The molecule has 2 atom stereocenters. The molecule has 3 rings (SSSR count). The van der Waals surface area contributed by atoms with Gasteiger partial charge in [-0.3, -0.25) is 4.90 Å². The molecule has 2 aromatic rings. The summed E-state index contributed by atoms with van der Waals surface area (Å²) >= 11 is 12.2. The van der Waals surface area contributed by atoms with Gasteiger partial charge >= 0.3 is 0 Å². The standard InChI is InChI=1S/C20H24Cl2N2/c1-3-19-12-23-14(2)13-24(19)20(15-4-8-17(21)9-5-15)16-6-10-18(22)11-7-16/h4-11,14,19-20,23H,3,12-13H2,1-2H3/t14-,19+/m0/s1. The molecule has 0 aromatic heterocycles. The first-order valence-electron chi connectivity index (χ1n) is 8.58. The van der Waals surface area contributed by atoms with Crippen LogP contribution in [0.5, 0.6) is 0 Å². The van der Waals surface area contributed by atoms with Crippen molar-refractivity contribution in [2.45, 2.75) is 38.4 Å². The Morgan fingerprint density at radius 3 is 1.96 bits per heavy atom. The lowest BCUT2D eigenvalue weighted by molar-refractivity contribution is 0.0996.